The molecule has 13 rings (SSSR count). The van der Waals surface area contributed by atoms with Crippen LogP contribution in [0.25, 0.3) is 122 Å². The Kier molecular flexibility index (Phi) is 8.15. The molecule has 0 bridgehead atoms. The first-order chi connectivity index (χ1) is 31.7. The minimum Gasteiger partial charge on any atom is -0.309 e. The third kappa shape index (κ3) is 5.68. The molecule has 5 nitrogen and oxygen atoms in total. The van der Waals surface area contributed by atoms with Gasteiger partial charge in [0.1, 0.15) is 0 Å². The number of nitrogens with zero attached hydrogens (tertiary/aromatic N) is 5. The number of hydrogen-bond acceptors (Lipinski definition) is 3. The van der Waals surface area contributed by atoms with E-state index in [1.165, 1.54) is 32.4 Å². The SMILES string of the molecule is c1ccc(-c2cccc(-c3nc(-c4ccc(-n5c6ccccc6c6cc7ccccc7cc65)c5ccccc45)nc(-c4cccc5c6ccccc6n(-c6ccccc6)c45)n3)c2)cc1. The van der Waals surface area contributed by atoms with Gasteiger partial charge in [-0.3, -0.25) is 0 Å². The highest BCUT2D eigenvalue weighted by molar-refractivity contribution is 6.16. The molecule has 0 fully saturated rings. The second-order valence-electron chi connectivity index (χ2n) is 16.4. The van der Waals surface area contributed by atoms with Crippen LogP contribution in [0.5, 0.6) is 0 Å². The van der Waals surface area contributed by atoms with E-state index >= 15 is 0 Å². The standard InChI is InChI=1S/C59H37N5/c1-3-17-38(18-4-1)39-21-15-22-42(35-39)57-60-58(62-59(61-57)50-30-16-29-48-46-27-11-13-31-52(46)63(56(48)50)43-23-5-2-6-24-43)49-33-34-54(45-26-10-9-25-44(45)49)64-53-32-14-12-28-47(53)51-36-40-19-7-8-20-41(40)37-55(51)64/h1-37H. The molecule has 3 aromatic heterocycles. The summed E-state index contributed by atoms with van der Waals surface area (Å²) in [5, 5.41) is 9.38. The number of aromatic nitrogens is 5. The summed E-state index contributed by atoms with van der Waals surface area (Å²) < 4.78 is 4.77. The van der Waals surface area contributed by atoms with E-state index in [1.807, 2.05) is 6.07 Å². The van der Waals surface area contributed by atoms with Gasteiger partial charge in [-0.05, 0) is 87.9 Å². The Morgan fingerprint density at radius 1 is 0.281 bits per heavy atom. The first kappa shape index (κ1) is 36.0. The molecule has 10 aromatic carbocycles. The summed E-state index contributed by atoms with van der Waals surface area (Å²) in [6.45, 7) is 0. The van der Waals surface area contributed by atoms with Crippen LogP contribution >= 0.6 is 0 Å². The molecule has 13 aromatic rings. The van der Waals surface area contributed by atoms with E-state index in [9.17, 15) is 0 Å². The van der Waals surface area contributed by atoms with E-state index in [0.717, 1.165) is 71.9 Å². The monoisotopic (exact) mass is 815 g/mol. The van der Waals surface area contributed by atoms with Crippen LogP contribution in [0, 0.1) is 0 Å². The van der Waals surface area contributed by atoms with Gasteiger partial charge in [0.25, 0.3) is 0 Å². The summed E-state index contributed by atoms with van der Waals surface area (Å²) in [5.74, 6) is 1.83. The van der Waals surface area contributed by atoms with Crippen molar-refractivity contribution in [2.45, 2.75) is 0 Å². The van der Waals surface area contributed by atoms with Crippen molar-refractivity contribution in [2.24, 2.45) is 0 Å². The third-order valence-corrected chi connectivity index (χ3v) is 12.7. The van der Waals surface area contributed by atoms with Gasteiger partial charge in [-0.15, -0.1) is 0 Å². The molecule has 0 radical (unpaired) electrons. The molecule has 0 N–H and O–H groups in total. The van der Waals surface area contributed by atoms with Crippen LogP contribution < -0.4 is 0 Å². The number of para-hydroxylation sites is 4. The molecule has 64 heavy (non-hydrogen) atoms. The highest BCUT2D eigenvalue weighted by atomic mass is 15.1. The Balaban J connectivity index is 1.08. The largest absolute Gasteiger partial charge is 0.309 e. The Morgan fingerprint density at radius 2 is 0.828 bits per heavy atom. The van der Waals surface area contributed by atoms with Crippen LogP contribution in [-0.2, 0) is 0 Å². The molecular weight excluding hydrogens is 779 g/mol. The van der Waals surface area contributed by atoms with Crippen molar-refractivity contribution in [1.82, 2.24) is 24.1 Å². The van der Waals surface area contributed by atoms with E-state index in [-0.39, 0.29) is 0 Å². The molecule has 3 heterocycles. The van der Waals surface area contributed by atoms with Crippen molar-refractivity contribution in [1.29, 1.82) is 0 Å². The Bertz CT molecular complexity index is 3960. The minimum absolute atomic E-state index is 0.609. The van der Waals surface area contributed by atoms with Crippen molar-refractivity contribution in [2.75, 3.05) is 0 Å². The van der Waals surface area contributed by atoms with E-state index in [2.05, 4.69) is 228 Å². The van der Waals surface area contributed by atoms with E-state index in [0.29, 0.717) is 17.5 Å². The van der Waals surface area contributed by atoms with Gasteiger partial charge < -0.3 is 9.13 Å². The summed E-state index contributed by atoms with van der Waals surface area (Å²) in [6, 6.07) is 79.8. The Labute approximate surface area is 368 Å². The summed E-state index contributed by atoms with van der Waals surface area (Å²) in [7, 11) is 0. The van der Waals surface area contributed by atoms with E-state index in [4.69, 9.17) is 15.0 Å². The highest BCUT2D eigenvalue weighted by Gasteiger charge is 2.22. The zero-order chi connectivity index (χ0) is 42.1. The Morgan fingerprint density at radius 3 is 1.61 bits per heavy atom. The summed E-state index contributed by atoms with van der Waals surface area (Å²) >= 11 is 0. The third-order valence-electron chi connectivity index (χ3n) is 12.7. The lowest BCUT2D eigenvalue weighted by Gasteiger charge is -2.16. The number of fused-ring (bicyclic) bond motifs is 8. The molecule has 0 aliphatic heterocycles. The fraction of sp³-hybridized carbons (Fsp3) is 0. The predicted octanol–water partition coefficient (Wildman–Crippen LogP) is 15.0. The van der Waals surface area contributed by atoms with Gasteiger partial charge in [-0.2, -0.15) is 0 Å². The molecule has 0 aliphatic carbocycles. The van der Waals surface area contributed by atoms with Gasteiger partial charge in [-0.1, -0.05) is 164 Å². The normalized spacial score (nSPS) is 11.8. The minimum atomic E-state index is 0.609. The van der Waals surface area contributed by atoms with Gasteiger partial charge in [0.15, 0.2) is 17.5 Å². The van der Waals surface area contributed by atoms with Gasteiger partial charge in [0, 0.05) is 49.3 Å². The molecule has 0 saturated carbocycles. The molecule has 0 aliphatic rings. The lowest BCUT2D eigenvalue weighted by Crippen LogP contribution is -2.03. The summed E-state index contributed by atoms with van der Waals surface area (Å²) in [4.78, 5) is 16.2. The van der Waals surface area contributed by atoms with Crippen LogP contribution in [0.3, 0.4) is 0 Å². The molecule has 298 valence electrons. The van der Waals surface area contributed by atoms with Crippen LogP contribution in [0.2, 0.25) is 0 Å². The number of rotatable bonds is 6. The van der Waals surface area contributed by atoms with Crippen LogP contribution in [0.15, 0.2) is 224 Å². The molecule has 5 heteroatoms. The first-order valence-electron chi connectivity index (χ1n) is 21.7. The summed E-state index contributed by atoms with van der Waals surface area (Å²) in [6.07, 6.45) is 0. The fourth-order valence-electron chi connectivity index (χ4n) is 9.85. The van der Waals surface area contributed by atoms with Crippen molar-refractivity contribution in [3.05, 3.63) is 224 Å². The number of benzene rings is 10. The maximum absolute atomic E-state index is 5.47. The van der Waals surface area contributed by atoms with Gasteiger partial charge >= 0.3 is 0 Å². The van der Waals surface area contributed by atoms with Crippen molar-refractivity contribution in [3.8, 4) is 56.7 Å². The Hall–Kier alpha value is -8.67. The van der Waals surface area contributed by atoms with Crippen LogP contribution in [-0.4, -0.2) is 24.1 Å². The topological polar surface area (TPSA) is 48.5 Å². The fourth-order valence-corrected chi connectivity index (χ4v) is 9.85. The van der Waals surface area contributed by atoms with Gasteiger partial charge in [-0.25, -0.2) is 15.0 Å². The average molecular weight is 816 g/mol. The summed E-state index contributed by atoms with van der Waals surface area (Å²) in [5.41, 5.74) is 11.7. The highest BCUT2D eigenvalue weighted by Crippen LogP contribution is 2.41. The smallest absolute Gasteiger partial charge is 0.166 e. The van der Waals surface area contributed by atoms with Crippen molar-refractivity contribution >= 4 is 65.2 Å². The maximum Gasteiger partial charge on any atom is 0.166 e. The molecular formula is C59H37N5. The lowest BCUT2D eigenvalue weighted by molar-refractivity contribution is 1.07. The van der Waals surface area contributed by atoms with E-state index < -0.39 is 0 Å². The maximum atomic E-state index is 5.47. The van der Waals surface area contributed by atoms with Gasteiger partial charge in [0.2, 0.25) is 0 Å². The quantitative estimate of drug-likeness (QED) is 0.168. The molecule has 0 saturated heterocycles. The first-order valence-corrected chi connectivity index (χ1v) is 21.7. The van der Waals surface area contributed by atoms with Crippen LogP contribution in [0.4, 0.5) is 0 Å². The van der Waals surface area contributed by atoms with Crippen LogP contribution in [0.1, 0.15) is 0 Å². The second kappa shape index (κ2) is 14.5. The zero-order valence-corrected chi connectivity index (χ0v) is 34.6. The van der Waals surface area contributed by atoms with Crippen molar-refractivity contribution in [3.63, 3.8) is 0 Å². The van der Waals surface area contributed by atoms with E-state index in [1.54, 1.807) is 0 Å². The molecule has 0 unspecified atom stereocenters. The lowest BCUT2D eigenvalue weighted by atomic mass is 10.0. The zero-order valence-electron chi connectivity index (χ0n) is 34.6. The van der Waals surface area contributed by atoms with Crippen molar-refractivity contribution < 1.29 is 0 Å². The molecule has 0 amide bonds. The van der Waals surface area contributed by atoms with Gasteiger partial charge in [0.05, 0.1) is 27.8 Å². The predicted molar refractivity (Wildman–Crippen MR) is 265 cm³/mol. The average Bonchev–Trinajstić information content (AvgIpc) is 3.88. The molecule has 0 atom stereocenters. The second-order valence-corrected chi connectivity index (χ2v) is 16.4. The molecule has 0 spiro atoms. The number of hydrogen-bond donors (Lipinski definition) is 0.